The number of ether oxygens (including phenoxy) is 3. The van der Waals surface area contributed by atoms with Crippen LogP contribution in [0, 0.1) is 0 Å². The minimum Gasteiger partial charge on any atom is -0.491 e. The third-order valence-electron chi connectivity index (χ3n) is 4.01. The van der Waals surface area contributed by atoms with Crippen LogP contribution < -0.4 is 20.3 Å². The largest absolute Gasteiger partial charge is 0.491 e. The van der Waals surface area contributed by atoms with E-state index in [0.29, 0.717) is 36.9 Å². The smallest absolute Gasteiger partial charge is 0.276 e. The van der Waals surface area contributed by atoms with E-state index >= 15 is 0 Å². The molecule has 0 radical (unpaired) electrons. The maximum absolute atomic E-state index is 12.2. The molecule has 2 rings (SSSR count). The zero-order valence-corrected chi connectivity index (χ0v) is 17.1. The molecule has 0 unspecified atom stereocenters. The number of benzene rings is 2. The van der Waals surface area contributed by atoms with Crippen molar-refractivity contribution in [1.29, 1.82) is 0 Å². The Bertz CT molecular complexity index is 807. The summed E-state index contributed by atoms with van der Waals surface area (Å²) < 4.78 is 16.3. The van der Waals surface area contributed by atoms with Crippen molar-refractivity contribution in [3.05, 3.63) is 59.7 Å². The van der Waals surface area contributed by atoms with E-state index in [1.54, 1.807) is 24.3 Å². The Kier molecular flexibility index (Phi) is 8.98. The van der Waals surface area contributed by atoms with Crippen molar-refractivity contribution in [1.82, 2.24) is 10.9 Å². The summed E-state index contributed by atoms with van der Waals surface area (Å²) in [7, 11) is 0. The summed E-state index contributed by atoms with van der Waals surface area (Å²) in [4.78, 5) is 24.3. The van der Waals surface area contributed by atoms with Crippen LogP contribution in [-0.2, 0) is 9.53 Å². The SMILES string of the molecule is CCOCCOc1cccc(C(=O)NNC(=O)COc2ccccc2C(C)C)c1. The maximum atomic E-state index is 12.2. The first-order valence-electron chi connectivity index (χ1n) is 9.62. The highest BCUT2D eigenvalue weighted by Gasteiger charge is 2.11. The van der Waals surface area contributed by atoms with E-state index in [9.17, 15) is 9.59 Å². The molecule has 29 heavy (non-hydrogen) atoms. The van der Waals surface area contributed by atoms with Gasteiger partial charge in [-0.3, -0.25) is 20.4 Å². The average Bonchev–Trinajstić information content (AvgIpc) is 2.74. The number of rotatable bonds is 10. The molecule has 0 fully saturated rings. The molecule has 0 atom stereocenters. The van der Waals surface area contributed by atoms with Gasteiger partial charge in [0, 0.05) is 12.2 Å². The van der Waals surface area contributed by atoms with Gasteiger partial charge < -0.3 is 14.2 Å². The molecule has 0 aliphatic heterocycles. The third-order valence-corrected chi connectivity index (χ3v) is 4.01. The summed E-state index contributed by atoms with van der Waals surface area (Å²) in [5.41, 5.74) is 6.12. The summed E-state index contributed by atoms with van der Waals surface area (Å²) in [5, 5.41) is 0. The fourth-order valence-corrected chi connectivity index (χ4v) is 2.56. The van der Waals surface area contributed by atoms with Gasteiger partial charge in [-0.1, -0.05) is 38.1 Å². The summed E-state index contributed by atoms with van der Waals surface area (Å²) in [6.45, 7) is 7.30. The Morgan fingerprint density at radius 1 is 0.966 bits per heavy atom. The Morgan fingerprint density at radius 3 is 2.52 bits per heavy atom. The van der Waals surface area contributed by atoms with E-state index < -0.39 is 11.8 Å². The number of hydrazine groups is 1. The van der Waals surface area contributed by atoms with Crippen molar-refractivity contribution in [3.63, 3.8) is 0 Å². The predicted molar refractivity (Wildman–Crippen MR) is 110 cm³/mol. The van der Waals surface area contributed by atoms with E-state index in [-0.39, 0.29) is 12.5 Å². The third kappa shape index (κ3) is 7.46. The molecule has 0 aromatic heterocycles. The predicted octanol–water partition coefficient (Wildman–Crippen LogP) is 3.07. The van der Waals surface area contributed by atoms with Gasteiger partial charge in [-0.2, -0.15) is 0 Å². The normalized spacial score (nSPS) is 10.5. The lowest BCUT2D eigenvalue weighted by Gasteiger charge is -2.14. The number of hydrogen-bond acceptors (Lipinski definition) is 5. The highest BCUT2D eigenvalue weighted by atomic mass is 16.5. The summed E-state index contributed by atoms with van der Waals surface area (Å²) >= 11 is 0. The fourth-order valence-electron chi connectivity index (χ4n) is 2.56. The highest BCUT2D eigenvalue weighted by molar-refractivity contribution is 5.95. The molecular weight excluding hydrogens is 372 g/mol. The molecule has 156 valence electrons. The number of carbonyl (C=O) groups excluding carboxylic acids is 2. The second-order valence-corrected chi connectivity index (χ2v) is 6.56. The minimum absolute atomic E-state index is 0.204. The summed E-state index contributed by atoms with van der Waals surface area (Å²) in [6, 6.07) is 14.2. The Labute approximate surface area is 171 Å². The van der Waals surface area contributed by atoms with Crippen LogP contribution in [0.25, 0.3) is 0 Å². The molecule has 2 amide bonds. The van der Waals surface area contributed by atoms with Crippen LogP contribution >= 0.6 is 0 Å². The topological polar surface area (TPSA) is 85.9 Å². The second kappa shape index (κ2) is 11.7. The van der Waals surface area contributed by atoms with Crippen LogP contribution in [0.3, 0.4) is 0 Å². The lowest BCUT2D eigenvalue weighted by Crippen LogP contribution is -2.43. The Morgan fingerprint density at radius 2 is 1.76 bits per heavy atom. The van der Waals surface area contributed by atoms with Gasteiger partial charge in [-0.25, -0.2) is 0 Å². The first-order chi connectivity index (χ1) is 14.0. The van der Waals surface area contributed by atoms with Crippen LogP contribution in [0.4, 0.5) is 0 Å². The van der Waals surface area contributed by atoms with Crippen molar-refractivity contribution in [2.75, 3.05) is 26.4 Å². The van der Waals surface area contributed by atoms with Crippen molar-refractivity contribution < 1.29 is 23.8 Å². The number of nitrogens with one attached hydrogen (secondary N) is 2. The molecule has 2 aromatic carbocycles. The van der Waals surface area contributed by atoms with Gasteiger partial charge in [0.15, 0.2) is 6.61 Å². The van der Waals surface area contributed by atoms with Gasteiger partial charge in [-0.15, -0.1) is 0 Å². The molecule has 2 aromatic rings. The van der Waals surface area contributed by atoms with Crippen LogP contribution in [0.1, 0.15) is 42.6 Å². The standard InChI is InChI=1S/C22H28N2O5/c1-4-27-12-13-28-18-9-7-8-17(14-18)22(26)24-23-21(25)15-29-20-11-6-5-10-19(20)16(2)3/h5-11,14,16H,4,12-13,15H2,1-3H3,(H,23,25)(H,24,26). The monoisotopic (exact) mass is 400 g/mol. The molecule has 0 aliphatic rings. The van der Waals surface area contributed by atoms with Crippen molar-refractivity contribution in [3.8, 4) is 11.5 Å². The van der Waals surface area contributed by atoms with Gasteiger partial charge in [0.1, 0.15) is 18.1 Å². The first-order valence-corrected chi connectivity index (χ1v) is 9.62. The molecule has 0 bridgehead atoms. The van der Waals surface area contributed by atoms with Crippen molar-refractivity contribution in [2.45, 2.75) is 26.7 Å². The van der Waals surface area contributed by atoms with Gasteiger partial charge in [-0.05, 0) is 42.7 Å². The van der Waals surface area contributed by atoms with Crippen LogP contribution in [0.5, 0.6) is 11.5 Å². The lowest BCUT2D eigenvalue weighted by atomic mass is 10.0. The number of carbonyl (C=O) groups is 2. The highest BCUT2D eigenvalue weighted by Crippen LogP contribution is 2.25. The molecule has 2 N–H and O–H groups in total. The van der Waals surface area contributed by atoms with Crippen LogP contribution in [0.2, 0.25) is 0 Å². The molecular formula is C22H28N2O5. The average molecular weight is 400 g/mol. The minimum atomic E-state index is -0.457. The number of hydrogen-bond donors (Lipinski definition) is 2. The summed E-state index contributed by atoms with van der Waals surface area (Å²) in [6.07, 6.45) is 0. The second-order valence-electron chi connectivity index (χ2n) is 6.56. The van der Waals surface area contributed by atoms with Gasteiger partial charge in [0.05, 0.1) is 6.61 Å². The van der Waals surface area contributed by atoms with Crippen molar-refractivity contribution in [2.24, 2.45) is 0 Å². The van der Waals surface area contributed by atoms with Gasteiger partial charge in [0.25, 0.3) is 11.8 Å². The quantitative estimate of drug-likeness (QED) is 0.473. The fraction of sp³-hybridized carbons (Fsp3) is 0.364. The van der Waals surface area contributed by atoms with E-state index in [1.807, 2.05) is 31.2 Å². The molecule has 0 saturated carbocycles. The number of amides is 2. The van der Waals surface area contributed by atoms with Crippen molar-refractivity contribution >= 4 is 11.8 Å². The first kappa shape index (κ1) is 22.2. The van der Waals surface area contributed by atoms with E-state index in [4.69, 9.17) is 14.2 Å². The zero-order valence-electron chi connectivity index (χ0n) is 17.1. The molecule has 0 aliphatic carbocycles. The van der Waals surface area contributed by atoms with Crippen LogP contribution in [-0.4, -0.2) is 38.2 Å². The molecule has 0 heterocycles. The molecule has 7 nitrogen and oxygen atoms in total. The molecule has 0 saturated heterocycles. The number of para-hydroxylation sites is 1. The van der Waals surface area contributed by atoms with E-state index in [0.717, 1.165) is 5.56 Å². The molecule has 0 spiro atoms. The zero-order chi connectivity index (χ0) is 21.1. The van der Waals surface area contributed by atoms with Gasteiger partial charge >= 0.3 is 0 Å². The Balaban J connectivity index is 1.81. The lowest BCUT2D eigenvalue weighted by molar-refractivity contribution is -0.123. The van der Waals surface area contributed by atoms with Gasteiger partial charge in [0.2, 0.25) is 0 Å². The Hall–Kier alpha value is -3.06. The van der Waals surface area contributed by atoms with Crippen LogP contribution in [0.15, 0.2) is 48.5 Å². The van der Waals surface area contributed by atoms with E-state index in [2.05, 4.69) is 24.7 Å². The van der Waals surface area contributed by atoms with E-state index in [1.165, 1.54) is 0 Å². The maximum Gasteiger partial charge on any atom is 0.276 e. The molecule has 7 heteroatoms. The summed E-state index contributed by atoms with van der Waals surface area (Å²) in [5.74, 6) is 0.576.